The van der Waals surface area contributed by atoms with Crippen molar-refractivity contribution in [3.05, 3.63) is 213 Å². The minimum Gasteiger partial charge on any atom is -0.0990 e. The molecular formula is C56H36. The Balaban J connectivity index is 1.10. The highest BCUT2D eigenvalue weighted by molar-refractivity contribution is 6.32. The van der Waals surface area contributed by atoms with E-state index in [9.17, 15) is 0 Å². The fourth-order valence-corrected chi connectivity index (χ4v) is 9.33. The van der Waals surface area contributed by atoms with Gasteiger partial charge in [-0.05, 0) is 132 Å². The monoisotopic (exact) mass is 708 g/mol. The summed E-state index contributed by atoms with van der Waals surface area (Å²) in [6.45, 7) is 7.88. The second-order valence-corrected chi connectivity index (χ2v) is 14.9. The largest absolute Gasteiger partial charge is 0.0990 e. The maximum Gasteiger partial charge on any atom is -0.00201 e. The van der Waals surface area contributed by atoms with Crippen LogP contribution < -0.4 is 0 Å². The lowest BCUT2D eigenvalue weighted by Gasteiger charge is -2.20. The van der Waals surface area contributed by atoms with Crippen molar-refractivity contribution < 1.29 is 0 Å². The first kappa shape index (κ1) is 32.2. The summed E-state index contributed by atoms with van der Waals surface area (Å²) < 4.78 is 0. The van der Waals surface area contributed by atoms with Gasteiger partial charge < -0.3 is 0 Å². The number of benzene rings is 11. The Labute approximate surface area is 326 Å². The van der Waals surface area contributed by atoms with Crippen LogP contribution in [0, 0.1) is 0 Å². The van der Waals surface area contributed by atoms with Crippen molar-refractivity contribution in [2.24, 2.45) is 0 Å². The Morgan fingerprint density at radius 3 is 1.30 bits per heavy atom. The Hall–Kier alpha value is -7.28. The third kappa shape index (κ3) is 4.86. The normalized spacial score (nSPS) is 12.2. The van der Waals surface area contributed by atoms with Crippen molar-refractivity contribution in [1.82, 2.24) is 0 Å². The molecule has 0 atom stereocenters. The molecule has 0 fully saturated rings. The molecule has 0 N–H and O–H groups in total. The van der Waals surface area contributed by atoms with E-state index in [1.807, 2.05) is 18.2 Å². The maximum absolute atomic E-state index is 4.00. The summed E-state index contributed by atoms with van der Waals surface area (Å²) >= 11 is 0. The van der Waals surface area contributed by atoms with Crippen LogP contribution in [0.1, 0.15) is 5.56 Å². The van der Waals surface area contributed by atoms with E-state index in [-0.39, 0.29) is 0 Å². The number of rotatable bonds is 7. The van der Waals surface area contributed by atoms with Crippen molar-refractivity contribution in [3.63, 3.8) is 0 Å². The molecule has 0 spiro atoms. The first-order chi connectivity index (χ1) is 27.7. The Morgan fingerprint density at radius 2 is 0.786 bits per heavy atom. The maximum atomic E-state index is 4.00. The van der Waals surface area contributed by atoms with E-state index in [0.717, 1.165) is 11.1 Å². The van der Waals surface area contributed by atoms with Crippen LogP contribution in [0.3, 0.4) is 0 Å². The van der Waals surface area contributed by atoms with Crippen LogP contribution in [-0.2, 0) is 0 Å². The molecule has 0 saturated carbocycles. The molecule has 260 valence electrons. The second kappa shape index (κ2) is 12.7. The van der Waals surface area contributed by atoms with Gasteiger partial charge in [0.2, 0.25) is 0 Å². The van der Waals surface area contributed by atoms with Crippen LogP contribution in [0.15, 0.2) is 207 Å². The van der Waals surface area contributed by atoms with E-state index in [2.05, 4.69) is 189 Å². The van der Waals surface area contributed by atoms with Crippen LogP contribution in [0.5, 0.6) is 0 Å². The highest BCUT2D eigenvalue weighted by Gasteiger charge is 2.20. The highest BCUT2D eigenvalue weighted by Crippen LogP contribution is 2.48. The van der Waals surface area contributed by atoms with Crippen molar-refractivity contribution in [1.29, 1.82) is 0 Å². The summed E-state index contributed by atoms with van der Waals surface area (Å²) in [5.74, 6) is 0. The first-order valence-electron chi connectivity index (χ1n) is 19.3. The minimum atomic E-state index is 1.07. The van der Waals surface area contributed by atoms with Crippen molar-refractivity contribution in [2.45, 2.75) is 0 Å². The van der Waals surface area contributed by atoms with Crippen molar-refractivity contribution in [3.8, 4) is 44.5 Å². The lowest BCUT2D eigenvalue weighted by atomic mass is 9.83. The molecule has 0 aliphatic rings. The van der Waals surface area contributed by atoms with Gasteiger partial charge in [0.1, 0.15) is 0 Å². The van der Waals surface area contributed by atoms with Gasteiger partial charge in [-0.15, -0.1) is 0 Å². The lowest BCUT2D eigenvalue weighted by Crippen LogP contribution is -1.93. The third-order valence-electron chi connectivity index (χ3n) is 11.9. The molecule has 0 bridgehead atoms. The molecule has 11 rings (SSSR count). The van der Waals surface area contributed by atoms with Gasteiger partial charge in [-0.2, -0.15) is 0 Å². The van der Waals surface area contributed by atoms with Crippen molar-refractivity contribution >= 4 is 70.2 Å². The van der Waals surface area contributed by atoms with Gasteiger partial charge in [0.05, 0.1) is 0 Å². The Morgan fingerprint density at radius 1 is 0.339 bits per heavy atom. The Kier molecular flexibility index (Phi) is 7.27. The zero-order valence-corrected chi connectivity index (χ0v) is 30.9. The van der Waals surface area contributed by atoms with Gasteiger partial charge in [0, 0.05) is 0 Å². The lowest BCUT2D eigenvalue weighted by molar-refractivity contribution is 1.60. The van der Waals surface area contributed by atoms with Crippen LogP contribution in [0.2, 0.25) is 0 Å². The van der Waals surface area contributed by atoms with Gasteiger partial charge in [0.15, 0.2) is 0 Å². The quantitative estimate of drug-likeness (QED) is 0.114. The third-order valence-corrected chi connectivity index (χ3v) is 11.9. The molecule has 11 aromatic rings. The molecule has 0 saturated heterocycles. The summed E-state index contributed by atoms with van der Waals surface area (Å²) in [6, 6.07) is 65.4. The summed E-state index contributed by atoms with van der Waals surface area (Å²) in [4.78, 5) is 0. The van der Waals surface area contributed by atoms with Gasteiger partial charge >= 0.3 is 0 Å². The highest BCUT2D eigenvalue weighted by atomic mass is 14.2. The summed E-state index contributed by atoms with van der Waals surface area (Å²) in [7, 11) is 0. The topological polar surface area (TPSA) is 0 Å². The molecule has 0 amide bonds. The molecular weight excluding hydrogens is 673 g/mol. The van der Waals surface area contributed by atoms with Crippen LogP contribution in [0.25, 0.3) is 115 Å². The first-order valence-corrected chi connectivity index (χ1v) is 19.3. The summed E-state index contributed by atoms with van der Waals surface area (Å²) in [5, 5.41) is 15.5. The average molecular weight is 709 g/mol. The van der Waals surface area contributed by atoms with E-state index in [1.165, 1.54) is 109 Å². The van der Waals surface area contributed by atoms with Gasteiger partial charge in [-0.1, -0.05) is 195 Å². The predicted octanol–water partition coefficient (Wildman–Crippen LogP) is 15.9. The number of hydrogen-bond acceptors (Lipinski definition) is 0. The molecule has 0 aliphatic carbocycles. The molecule has 0 heteroatoms. The molecule has 0 unspecified atom stereocenters. The molecule has 56 heavy (non-hydrogen) atoms. The SMILES string of the molecule is C=C/C=C(\C=C)c1ccc(-c2ccc3cc(-c4cc5ccc(-c6ccc(-c7ccccc7)cc6)c6ccc7cccc4c7c56)c4cccc5ccc2c3c54)cc1. The average Bonchev–Trinajstić information content (AvgIpc) is 3.26. The van der Waals surface area contributed by atoms with Gasteiger partial charge in [0.25, 0.3) is 0 Å². The van der Waals surface area contributed by atoms with E-state index in [0.29, 0.717) is 0 Å². The van der Waals surface area contributed by atoms with Gasteiger partial charge in [-0.3, -0.25) is 0 Å². The van der Waals surface area contributed by atoms with Crippen LogP contribution >= 0.6 is 0 Å². The molecule has 0 aliphatic heterocycles. The number of allylic oxidation sites excluding steroid dienone is 4. The fraction of sp³-hybridized carbons (Fsp3) is 0. The standard InChI is InChI=1S/C56H36/c1-3-10-35(4-2)37-17-21-39(22-18-37)45-29-27-43-33-51(47-15-8-13-41-25-31-49(45)55(43)53(41)47)52-34-44-28-30-46(40-23-19-38(20-24-40)36-11-6-5-7-12-36)50-32-26-42-14-9-16-48(52)54(42)56(44)50/h3-34H,1-2H2/b35-10+. The van der Waals surface area contributed by atoms with Crippen LogP contribution in [-0.4, -0.2) is 0 Å². The van der Waals surface area contributed by atoms with Crippen molar-refractivity contribution in [2.75, 3.05) is 0 Å². The zero-order valence-electron chi connectivity index (χ0n) is 30.9. The molecule has 0 nitrogen and oxygen atoms in total. The summed E-state index contributed by atoms with van der Waals surface area (Å²) in [5.41, 5.74) is 12.1. The number of hydrogen-bond donors (Lipinski definition) is 0. The van der Waals surface area contributed by atoms with E-state index in [4.69, 9.17) is 0 Å². The summed E-state index contributed by atoms with van der Waals surface area (Å²) in [6.07, 6.45) is 5.70. The molecule has 0 heterocycles. The molecule has 11 aromatic carbocycles. The minimum absolute atomic E-state index is 1.07. The van der Waals surface area contributed by atoms with E-state index >= 15 is 0 Å². The fourth-order valence-electron chi connectivity index (χ4n) is 9.33. The van der Waals surface area contributed by atoms with Gasteiger partial charge in [-0.25, -0.2) is 0 Å². The molecule has 0 radical (unpaired) electrons. The zero-order chi connectivity index (χ0) is 37.3. The van der Waals surface area contributed by atoms with E-state index < -0.39 is 0 Å². The van der Waals surface area contributed by atoms with E-state index in [1.54, 1.807) is 0 Å². The Bertz CT molecular complexity index is 3340. The predicted molar refractivity (Wildman–Crippen MR) is 244 cm³/mol. The molecule has 0 aromatic heterocycles. The van der Waals surface area contributed by atoms with Crippen LogP contribution in [0.4, 0.5) is 0 Å². The smallest absolute Gasteiger partial charge is 0.00201 e. The second-order valence-electron chi connectivity index (χ2n) is 14.9.